The van der Waals surface area contributed by atoms with Gasteiger partial charge in [0.15, 0.2) is 0 Å². The molecule has 4 aliphatic heterocycles. The number of nitrogens with zero attached hydrogens (tertiary/aromatic N) is 2. The number of benzene rings is 1. The lowest BCUT2D eigenvalue weighted by atomic mass is 9.75. The lowest BCUT2D eigenvalue weighted by Crippen LogP contribution is -2.54. The van der Waals surface area contributed by atoms with Gasteiger partial charge in [0.2, 0.25) is 17.7 Å². The van der Waals surface area contributed by atoms with E-state index in [-0.39, 0.29) is 23.4 Å². The minimum absolute atomic E-state index is 0.206. The monoisotopic (exact) mass is 493 g/mol. The van der Waals surface area contributed by atoms with Crippen LogP contribution in [0, 0.1) is 39.5 Å². The molecule has 9 heteroatoms. The molecule has 5 heterocycles. The maximum absolute atomic E-state index is 14.3. The van der Waals surface area contributed by atoms with Crippen molar-refractivity contribution in [3.05, 3.63) is 44.8 Å². The van der Waals surface area contributed by atoms with Gasteiger partial charge in [0.05, 0.1) is 24.5 Å². The molecule has 3 amide bonds. The van der Waals surface area contributed by atoms with E-state index in [1.54, 1.807) is 6.92 Å². The van der Waals surface area contributed by atoms with Crippen LogP contribution in [0.1, 0.15) is 50.3 Å². The quantitative estimate of drug-likeness (QED) is 0.510. The van der Waals surface area contributed by atoms with Crippen LogP contribution in [0.4, 0.5) is 10.7 Å². The van der Waals surface area contributed by atoms with E-state index in [0.29, 0.717) is 17.1 Å². The smallest absolute Gasteiger partial charge is 0.341 e. The SMILES string of the molecule is COC(=O)c1c(N2C(=O)[C@H]3[C@H]4CCCN4[C@]4(C(=O)Nc5c(C)cc(C)cc54)[C@@H]3C2=O)sc(C)c1C. The first-order valence-electron chi connectivity index (χ1n) is 11.9. The second-order valence-electron chi connectivity index (χ2n) is 10.1. The van der Waals surface area contributed by atoms with Gasteiger partial charge in [-0.25, -0.2) is 9.69 Å². The Labute approximate surface area is 207 Å². The molecule has 4 aliphatic rings. The third kappa shape index (κ3) is 2.55. The maximum atomic E-state index is 14.3. The van der Waals surface area contributed by atoms with Gasteiger partial charge in [-0.1, -0.05) is 17.7 Å². The Hall–Kier alpha value is -3.04. The highest BCUT2D eigenvalue weighted by molar-refractivity contribution is 7.17. The number of ether oxygens (including phenoxy) is 1. The summed E-state index contributed by atoms with van der Waals surface area (Å²) in [6, 6.07) is 3.79. The number of rotatable bonds is 2. The van der Waals surface area contributed by atoms with Crippen LogP contribution in [0.15, 0.2) is 12.1 Å². The number of methoxy groups -OCH3 is 1. The highest BCUT2D eigenvalue weighted by atomic mass is 32.1. The fourth-order valence-corrected chi connectivity index (χ4v) is 8.12. The fraction of sp³-hybridized carbons (Fsp3) is 0.462. The molecule has 3 saturated heterocycles. The van der Waals surface area contributed by atoms with Crippen molar-refractivity contribution in [3.63, 3.8) is 0 Å². The van der Waals surface area contributed by atoms with E-state index in [4.69, 9.17) is 4.74 Å². The lowest BCUT2D eigenvalue weighted by Gasteiger charge is -2.36. The fourth-order valence-electron chi connectivity index (χ4n) is 6.97. The Balaban J connectivity index is 1.57. The second-order valence-corrected chi connectivity index (χ2v) is 11.3. The largest absolute Gasteiger partial charge is 0.465 e. The number of fused-ring (bicyclic) bond motifs is 7. The van der Waals surface area contributed by atoms with E-state index in [0.717, 1.165) is 40.1 Å². The molecular weight excluding hydrogens is 466 g/mol. The van der Waals surface area contributed by atoms with E-state index in [9.17, 15) is 19.2 Å². The number of thiophene rings is 1. The molecule has 1 N–H and O–H groups in total. The molecule has 6 rings (SSSR count). The summed E-state index contributed by atoms with van der Waals surface area (Å²) in [5.74, 6) is -3.05. The van der Waals surface area contributed by atoms with E-state index in [2.05, 4.69) is 10.2 Å². The summed E-state index contributed by atoms with van der Waals surface area (Å²) in [6.07, 6.45) is 1.60. The summed E-state index contributed by atoms with van der Waals surface area (Å²) in [5.41, 5.74) is 3.18. The number of carbonyl (C=O) groups excluding carboxylic acids is 4. The van der Waals surface area contributed by atoms with Crippen molar-refractivity contribution in [3.8, 4) is 0 Å². The van der Waals surface area contributed by atoms with Crippen LogP contribution in [0.3, 0.4) is 0 Å². The van der Waals surface area contributed by atoms with Gasteiger partial charge in [-0.05, 0) is 58.2 Å². The molecule has 0 radical (unpaired) electrons. The third-order valence-corrected chi connectivity index (χ3v) is 9.59. The zero-order valence-corrected chi connectivity index (χ0v) is 21.2. The summed E-state index contributed by atoms with van der Waals surface area (Å²) < 4.78 is 4.99. The first-order chi connectivity index (χ1) is 16.6. The molecule has 1 spiro atoms. The Morgan fingerprint density at radius 1 is 1.14 bits per heavy atom. The zero-order valence-electron chi connectivity index (χ0n) is 20.4. The number of hydrogen-bond donors (Lipinski definition) is 1. The van der Waals surface area contributed by atoms with Crippen molar-refractivity contribution in [2.24, 2.45) is 11.8 Å². The van der Waals surface area contributed by atoms with Gasteiger partial charge in [0.1, 0.15) is 10.5 Å². The molecule has 3 fully saturated rings. The van der Waals surface area contributed by atoms with Crippen LogP contribution in [0.5, 0.6) is 0 Å². The maximum Gasteiger partial charge on any atom is 0.341 e. The van der Waals surface area contributed by atoms with Crippen LogP contribution >= 0.6 is 11.3 Å². The number of amides is 3. The first-order valence-corrected chi connectivity index (χ1v) is 12.7. The molecule has 8 nitrogen and oxygen atoms in total. The van der Waals surface area contributed by atoms with Crippen LogP contribution in [0.25, 0.3) is 0 Å². The van der Waals surface area contributed by atoms with Crippen LogP contribution in [-0.2, 0) is 24.7 Å². The molecule has 1 aromatic heterocycles. The predicted molar refractivity (Wildman–Crippen MR) is 131 cm³/mol. The van der Waals surface area contributed by atoms with E-state index >= 15 is 0 Å². The highest BCUT2D eigenvalue weighted by Gasteiger charge is 2.75. The van der Waals surface area contributed by atoms with Gasteiger partial charge < -0.3 is 10.1 Å². The summed E-state index contributed by atoms with van der Waals surface area (Å²) in [5, 5.41) is 3.36. The van der Waals surface area contributed by atoms with Crippen molar-refractivity contribution in [2.45, 2.75) is 52.1 Å². The lowest BCUT2D eigenvalue weighted by molar-refractivity contribution is -0.135. The molecule has 35 heavy (non-hydrogen) atoms. The third-order valence-electron chi connectivity index (χ3n) is 8.40. The van der Waals surface area contributed by atoms with Crippen LogP contribution in [0.2, 0.25) is 0 Å². The minimum Gasteiger partial charge on any atom is -0.465 e. The topological polar surface area (TPSA) is 96.0 Å². The van der Waals surface area contributed by atoms with Crippen LogP contribution < -0.4 is 10.2 Å². The average Bonchev–Trinajstić information content (AvgIpc) is 3.56. The zero-order chi connectivity index (χ0) is 25.0. The molecule has 182 valence electrons. The number of imide groups is 1. The standard InChI is InChI=1S/C26H27N3O5S/c1-11-9-12(2)20-15(10-11)26(25(33)27-20)19-18(16-7-6-8-28(16)26)21(30)29(22(19)31)23-17(24(32)34-5)13(3)14(4)35-23/h9-10,16,18-19H,6-8H2,1-5H3,(H,27,33)/t16-,18+,19+,26+/m1/s1. The number of hydrogen-bond acceptors (Lipinski definition) is 7. The van der Waals surface area contributed by atoms with E-state index in [1.807, 2.05) is 32.9 Å². The van der Waals surface area contributed by atoms with Gasteiger partial charge in [-0.15, -0.1) is 11.3 Å². The molecule has 0 unspecified atom stereocenters. The molecule has 1 aromatic carbocycles. The summed E-state index contributed by atoms with van der Waals surface area (Å²) in [4.78, 5) is 58.9. The summed E-state index contributed by atoms with van der Waals surface area (Å²) in [6.45, 7) is 8.23. The average molecular weight is 494 g/mol. The molecule has 0 bridgehead atoms. The number of carbonyl (C=O) groups is 4. The summed E-state index contributed by atoms with van der Waals surface area (Å²) in [7, 11) is 1.29. The van der Waals surface area contributed by atoms with Crippen molar-refractivity contribution >= 4 is 45.7 Å². The van der Waals surface area contributed by atoms with Crippen LogP contribution in [-0.4, -0.2) is 48.3 Å². The molecule has 2 aromatic rings. The van der Waals surface area contributed by atoms with E-state index in [1.165, 1.54) is 23.3 Å². The Morgan fingerprint density at radius 3 is 2.60 bits per heavy atom. The van der Waals surface area contributed by atoms with Crippen molar-refractivity contribution in [1.82, 2.24) is 4.90 Å². The number of anilines is 2. The normalized spacial score (nSPS) is 29.1. The van der Waals surface area contributed by atoms with E-state index < -0.39 is 29.3 Å². The van der Waals surface area contributed by atoms with Gasteiger partial charge in [0.25, 0.3) is 0 Å². The van der Waals surface area contributed by atoms with Gasteiger partial charge in [0, 0.05) is 22.2 Å². The number of nitrogens with one attached hydrogen (secondary N) is 1. The molecule has 0 aliphatic carbocycles. The second kappa shape index (κ2) is 7.24. The Kier molecular flexibility index (Phi) is 4.64. The highest BCUT2D eigenvalue weighted by Crippen LogP contribution is 2.61. The van der Waals surface area contributed by atoms with Gasteiger partial charge in [-0.2, -0.15) is 0 Å². The Bertz CT molecular complexity index is 1360. The predicted octanol–water partition coefficient (Wildman–Crippen LogP) is 3.20. The number of esters is 1. The molecular formula is C26H27N3O5S. The minimum atomic E-state index is -1.23. The Morgan fingerprint density at radius 2 is 1.89 bits per heavy atom. The van der Waals surface area contributed by atoms with Crippen molar-refractivity contribution in [2.75, 3.05) is 23.9 Å². The molecule has 0 saturated carbocycles. The van der Waals surface area contributed by atoms with Crippen molar-refractivity contribution in [1.29, 1.82) is 0 Å². The van der Waals surface area contributed by atoms with Gasteiger partial charge >= 0.3 is 5.97 Å². The van der Waals surface area contributed by atoms with Gasteiger partial charge in [-0.3, -0.25) is 19.3 Å². The first kappa shape index (κ1) is 22.4. The molecule has 4 atom stereocenters. The summed E-state index contributed by atoms with van der Waals surface area (Å²) >= 11 is 1.24. The number of aryl methyl sites for hydroxylation is 3. The van der Waals surface area contributed by atoms with Crippen molar-refractivity contribution < 1.29 is 23.9 Å².